The van der Waals surface area contributed by atoms with Crippen LogP contribution in [0.5, 0.6) is 23.0 Å². The maximum Gasteiger partial charge on any atom is 0.314 e. The molecule has 0 heterocycles. The molecule has 0 aromatic heterocycles. The molecule has 1 aliphatic carbocycles. The number of esters is 3. The van der Waals surface area contributed by atoms with E-state index in [1.54, 1.807) is 54.6 Å². The van der Waals surface area contributed by atoms with Crippen molar-refractivity contribution < 1.29 is 38.4 Å². The monoisotopic (exact) mass is 694 g/mol. The van der Waals surface area contributed by atoms with Gasteiger partial charge in [0.1, 0.15) is 35.2 Å². The Morgan fingerprint density at radius 3 is 1.38 bits per heavy atom. The van der Waals surface area contributed by atoms with E-state index < -0.39 is 0 Å². The SMILES string of the molecule is CCCCCC(=O)Oc1ccc(-c2ccc(OC(=O)C3CCC(C(=O)Oc4ccc(-c5ccc(OC#CC#CC#CO)cc5)cc4)CC3)cc2)cc1. The Bertz CT molecular complexity index is 2000. The first-order chi connectivity index (χ1) is 25.4. The van der Waals surface area contributed by atoms with Crippen LogP contribution in [0.15, 0.2) is 97.1 Å². The Balaban J connectivity index is 1.04. The number of rotatable bonds is 12. The minimum atomic E-state index is -0.302. The lowest BCUT2D eigenvalue weighted by molar-refractivity contribution is -0.145. The van der Waals surface area contributed by atoms with Gasteiger partial charge in [-0.3, -0.25) is 14.4 Å². The maximum absolute atomic E-state index is 12.9. The minimum absolute atomic E-state index is 0.223. The highest BCUT2D eigenvalue weighted by Crippen LogP contribution is 2.33. The van der Waals surface area contributed by atoms with E-state index in [1.165, 1.54) is 0 Å². The highest BCUT2D eigenvalue weighted by atomic mass is 16.5. The Morgan fingerprint density at radius 2 is 0.962 bits per heavy atom. The molecule has 8 heteroatoms. The summed E-state index contributed by atoms with van der Waals surface area (Å²) in [6.45, 7) is 2.09. The lowest BCUT2D eigenvalue weighted by Gasteiger charge is -2.25. The number of ether oxygens (including phenoxy) is 4. The third-order valence-electron chi connectivity index (χ3n) is 8.59. The molecule has 1 fully saturated rings. The molecule has 1 aliphatic rings. The first-order valence-corrected chi connectivity index (χ1v) is 17.3. The summed E-state index contributed by atoms with van der Waals surface area (Å²) >= 11 is 0. The number of hydrogen-bond acceptors (Lipinski definition) is 8. The van der Waals surface area contributed by atoms with Gasteiger partial charge in [0.25, 0.3) is 0 Å². The van der Waals surface area contributed by atoms with Crippen molar-refractivity contribution in [2.24, 2.45) is 11.8 Å². The molecule has 8 nitrogen and oxygen atoms in total. The molecule has 52 heavy (non-hydrogen) atoms. The van der Waals surface area contributed by atoms with E-state index >= 15 is 0 Å². The van der Waals surface area contributed by atoms with Crippen LogP contribution in [-0.2, 0) is 14.4 Å². The first kappa shape index (κ1) is 36.8. The van der Waals surface area contributed by atoms with Crippen LogP contribution in [0.1, 0.15) is 58.3 Å². The van der Waals surface area contributed by atoms with Gasteiger partial charge in [-0.05, 0) is 103 Å². The Labute approximate surface area is 304 Å². The Morgan fingerprint density at radius 1 is 0.558 bits per heavy atom. The molecule has 0 radical (unpaired) electrons. The summed E-state index contributed by atoms with van der Waals surface area (Å²) in [5.74, 6) is 9.99. The van der Waals surface area contributed by atoms with Crippen LogP contribution in [0.25, 0.3) is 22.3 Å². The summed E-state index contributed by atoms with van der Waals surface area (Å²) in [5.41, 5.74) is 3.77. The van der Waals surface area contributed by atoms with Crippen LogP contribution in [0.4, 0.5) is 0 Å². The molecule has 0 unspecified atom stereocenters. The Kier molecular flexibility index (Phi) is 13.5. The van der Waals surface area contributed by atoms with Gasteiger partial charge in [-0.1, -0.05) is 68.3 Å². The normalized spacial score (nSPS) is 14.5. The van der Waals surface area contributed by atoms with Gasteiger partial charge in [0.2, 0.25) is 0 Å². The lowest BCUT2D eigenvalue weighted by Crippen LogP contribution is -2.30. The van der Waals surface area contributed by atoms with Gasteiger partial charge in [-0.2, -0.15) is 0 Å². The van der Waals surface area contributed by atoms with Crippen molar-refractivity contribution >= 4 is 17.9 Å². The summed E-state index contributed by atoms with van der Waals surface area (Å²) in [6, 6.07) is 29.2. The molecule has 0 spiro atoms. The molecule has 0 aliphatic heterocycles. The summed E-state index contributed by atoms with van der Waals surface area (Å²) in [7, 11) is 0. The van der Waals surface area contributed by atoms with E-state index in [4.69, 9.17) is 24.1 Å². The van der Waals surface area contributed by atoms with E-state index in [-0.39, 0.29) is 29.7 Å². The van der Waals surface area contributed by atoms with E-state index in [1.807, 2.05) is 48.5 Å². The van der Waals surface area contributed by atoms with E-state index in [0.29, 0.717) is 55.1 Å². The third-order valence-corrected chi connectivity index (χ3v) is 8.59. The molecule has 1 N–H and O–H groups in total. The van der Waals surface area contributed by atoms with Crippen molar-refractivity contribution in [2.45, 2.75) is 58.3 Å². The highest BCUT2D eigenvalue weighted by Gasteiger charge is 2.32. The second-order valence-electron chi connectivity index (χ2n) is 12.2. The molecule has 4 aromatic rings. The van der Waals surface area contributed by atoms with Crippen LogP contribution < -0.4 is 18.9 Å². The molecule has 5 rings (SSSR count). The number of benzene rings is 4. The van der Waals surface area contributed by atoms with Crippen molar-refractivity contribution in [2.75, 3.05) is 0 Å². The third kappa shape index (κ3) is 11.0. The number of carbonyl (C=O) groups excluding carboxylic acids is 3. The van der Waals surface area contributed by atoms with Crippen molar-refractivity contribution in [1.82, 2.24) is 0 Å². The zero-order valence-corrected chi connectivity index (χ0v) is 28.9. The number of aliphatic hydroxyl groups is 1. The molecule has 0 saturated heterocycles. The molecular weight excluding hydrogens is 656 g/mol. The summed E-state index contributed by atoms with van der Waals surface area (Å²) in [4.78, 5) is 37.9. The molecule has 0 atom stereocenters. The van der Waals surface area contributed by atoms with Gasteiger partial charge in [0.15, 0.2) is 0 Å². The molecular formula is C44H38O8. The van der Waals surface area contributed by atoms with Gasteiger partial charge in [-0.15, -0.1) is 0 Å². The number of hydrogen-bond donors (Lipinski definition) is 1. The molecule has 0 bridgehead atoms. The first-order valence-electron chi connectivity index (χ1n) is 17.3. The van der Waals surface area contributed by atoms with Crippen molar-refractivity contribution in [3.8, 4) is 81.1 Å². The molecule has 1 saturated carbocycles. The predicted octanol–water partition coefficient (Wildman–Crippen LogP) is 8.50. The molecule has 262 valence electrons. The van der Waals surface area contributed by atoms with Crippen LogP contribution in [-0.4, -0.2) is 23.0 Å². The van der Waals surface area contributed by atoms with Gasteiger partial charge in [-0.25, -0.2) is 0 Å². The van der Waals surface area contributed by atoms with Gasteiger partial charge >= 0.3 is 17.9 Å². The molecule has 0 amide bonds. The summed E-state index contributed by atoms with van der Waals surface area (Å²) < 4.78 is 22.1. The minimum Gasteiger partial charge on any atom is -0.461 e. The topological polar surface area (TPSA) is 108 Å². The average Bonchev–Trinajstić information content (AvgIpc) is 3.17. The fourth-order valence-electron chi connectivity index (χ4n) is 5.73. The van der Waals surface area contributed by atoms with Gasteiger partial charge < -0.3 is 24.1 Å². The fraction of sp³-hybridized carbons (Fsp3) is 0.250. The summed E-state index contributed by atoms with van der Waals surface area (Å²) in [6.07, 6.45) is 9.60. The second-order valence-corrected chi connectivity index (χ2v) is 12.2. The van der Waals surface area contributed by atoms with Crippen LogP contribution in [0, 0.1) is 47.7 Å². The average molecular weight is 695 g/mol. The number of carbonyl (C=O) groups is 3. The number of unbranched alkanes of at least 4 members (excludes halogenated alkanes) is 2. The number of aliphatic hydroxyl groups excluding tert-OH is 1. The van der Waals surface area contributed by atoms with Crippen molar-refractivity contribution in [3.05, 3.63) is 97.1 Å². The van der Waals surface area contributed by atoms with Crippen LogP contribution >= 0.6 is 0 Å². The van der Waals surface area contributed by atoms with Crippen LogP contribution in [0.3, 0.4) is 0 Å². The van der Waals surface area contributed by atoms with E-state index in [0.717, 1.165) is 41.5 Å². The van der Waals surface area contributed by atoms with Crippen molar-refractivity contribution in [1.29, 1.82) is 0 Å². The van der Waals surface area contributed by atoms with E-state index in [2.05, 4.69) is 36.7 Å². The largest absolute Gasteiger partial charge is 0.461 e. The zero-order chi connectivity index (χ0) is 36.5. The second kappa shape index (κ2) is 19.1. The highest BCUT2D eigenvalue weighted by molar-refractivity contribution is 5.78. The zero-order valence-electron chi connectivity index (χ0n) is 28.9. The summed E-state index contributed by atoms with van der Waals surface area (Å²) in [5, 5.41) is 8.36. The van der Waals surface area contributed by atoms with Gasteiger partial charge in [0, 0.05) is 30.1 Å². The Hall–Kier alpha value is -6.43. The molecule has 4 aromatic carbocycles. The lowest BCUT2D eigenvalue weighted by atomic mass is 9.82. The standard InChI is InChI=1S/C44H38O8/c1-2-3-6-9-42(46)50-39-24-16-33(17-25-39)35-20-28-41(29-21-35)52-44(48)37-12-10-36(11-13-37)43(47)51-40-26-18-34(19-27-40)32-14-22-38(23-15-32)49-31-8-5-4-7-30-45/h14-29,36-37,45H,2-3,6,9-13H2,1H3. The quantitative estimate of drug-likeness (QED) is 0.0681. The predicted molar refractivity (Wildman–Crippen MR) is 196 cm³/mol. The fourth-order valence-corrected chi connectivity index (χ4v) is 5.73. The van der Waals surface area contributed by atoms with Crippen LogP contribution in [0.2, 0.25) is 0 Å². The smallest absolute Gasteiger partial charge is 0.314 e. The van der Waals surface area contributed by atoms with E-state index in [9.17, 15) is 14.4 Å². The van der Waals surface area contributed by atoms with Crippen molar-refractivity contribution in [3.63, 3.8) is 0 Å². The van der Waals surface area contributed by atoms with Gasteiger partial charge in [0.05, 0.1) is 11.8 Å². The maximum atomic E-state index is 12.9.